The third kappa shape index (κ3) is 3.84. The molecule has 0 bridgehead atoms. The lowest BCUT2D eigenvalue weighted by Crippen LogP contribution is -2.13. The number of benzene rings is 2. The minimum Gasteiger partial charge on any atom is -0.478 e. The number of amides is 1. The maximum Gasteiger partial charge on any atom is 0.336 e. The molecule has 108 valence electrons. The van der Waals surface area contributed by atoms with E-state index >= 15 is 0 Å². The van der Waals surface area contributed by atoms with Crippen LogP contribution in [0, 0.1) is 0 Å². The van der Waals surface area contributed by atoms with Crippen LogP contribution >= 0.6 is 43.5 Å². The predicted molar refractivity (Wildman–Crippen MR) is 88.2 cm³/mol. The Hall–Kier alpha value is -1.37. The number of halogens is 3. The van der Waals surface area contributed by atoms with Crippen LogP contribution in [0.1, 0.15) is 20.7 Å². The van der Waals surface area contributed by atoms with Gasteiger partial charge in [-0.05, 0) is 68.3 Å². The maximum absolute atomic E-state index is 12.2. The molecule has 0 aliphatic carbocycles. The van der Waals surface area contributed by atoms with Crippen LogP contribution in [-0.2, 0) is 0 Å². The normalized spacial score (nSPS) is 10.2. The zero-order chi connectivity index (χ0) is 15.6. The second-order valence-corrected chi connectivity index (χ2v) is 6.22. The number of carbonyl (C=O) groups excluding carboxylic acids is 1. The molecule has 2 aromatic carbocycles. The molecule has 7 heteroatoms. The van der Waals surface area contributed by atoms with E-state index in [9.17, 15) is 9.59 Å². The second kappa shape index (κ2) is 6.60. The van der Waals surface area contributed by atoms with Crippen molar-refractivity contribution in [1.82, 2.24) is 0 Å². The summed E-state index contributed by atoms with van der Waals surface area (Å²) in [6.07, 6.45) is 0. The highest BCUT2D eigenvalue weighted by Gasteiger charge is 2.13. The fourth-order valence-corrected chi connectivity index (χ4v) is 2.65. The Bertz CT molecular complexity index is 734. The first-order valence-corrected chi connectivity index (χ1v) is 7.64. The van der Waals surface area contributed by atoms with E-state index in [1.165, 1.54) is 12.1 Å². The van der Waals surface area contributed by atoms with Crippen molar-refractivity contribution in [3.05, 3.63) is 61.5 Å². The third-order valence-electron chi connectivity index (χ3n) is 2.63. The van der Waals surface area contributed by atoms with Gasteiger partial charge in [0.15, 0.2) is 0 Å². The third-order valence-corrected chi connectivity index (χ3v) is 4.25. The van der Waals surface area contributed by atoms with Gasteiger partial charge in [0.2, 0.25) is 0 Å². The van der Waals surface area contributed by atoms with Crippen LogP contribution in [0.2, 0.25) is 5.02 Å². The predicted octanol–water partition coefficient (Wildman–Crippen LogP) is 4.82. The number of carboxylic acids is 1. The van der Waals surface area contributed by atoms with Gasteiger partial charge in [-0.3, -0.25) is 4.79 Å². The molecule has 4 nitrogen and oxygen atoms in total. The fraction of sp³-hybridized carbons (Fsp3) is 0. The number of rotatable bonds is 3. The SMILES string of the molecule is O=C(O)c1cc(NC(=O)c2cc(Cl)ccc2Br)ccc1Br. The van der Waals surface area contributed by atoms with E-state index in [4.69, 9.17) is 16.7 Å². The molecule has 0 aromatic heterocycles. The van der Waals surface area contributed by atoms with Gasteiger partial charge in [-0.2, -0.15) is 0 Å². The molecular weight excluding hydrogens is 425 g/mol. The summed E-state index contributed by atoms with van der Waals surface area (Å²) >= 11 is 12.3. The van der Waals surface area contributed by atoms with Crippen molar-refractivity contribution in [3.63, 3.8) is 0 Å². The quantitative estimate of drug-likeness (QED) is 0.730. The van der Waals surface area contributed by atoms with Crippen molar-refractivity contribution in [2.45, 2.75) is 0 Å². The zero-order valence-corrected chi connectivity index (χ0v) is 14.3. The van der Waals surface area contributed by atoms with Crippen molar-refractivity contribution < 1.29 is 14.7 Å². The van der Waals surface area contributed by atoms with E-state index in [1.54, 1.807) is 24.3 Å². The molecule has 21 heavy (non-hydrogen) atoms. The van der Waals surface area contributed by atoms with Crippen LogP contribution in [0.25, 0.3) is 0 Å². The molecule has 2 N–H and O–H groups in total. The molecule has 0 heterocycles. The first-order valence-electron chi connectivity index (χ1n) is 5.67. The summed E-state index contributed by atoms with van der Waals surface area (Å²) < 4.78 is 1.04. The number of anilines is 1. The van der Waals surface area contributed by atoms with Crippen LogP contribution < -0.4 is 5.32 Å². The zero-order valence-electron chi connectivity index (χ0n) is 10.4. The van der Waals surface area contributed by atoms with Gasteiger partial charge in [-0.1, -0.05) is 11.6 Å². The van der Waals surface area contributed by atoms with E-state index in [0.717, 1.165) is 0 Å². The lowest BCUT2D eigenvalue weighted by atomic mass is 10.1. The molecule has 0 aliphatic heterocycles. The minimum atomic E-state index is -1.08. The molecule has 2 aromatic rings. The Morgan fingerprint density at radius 1 is 1.00 bits per heavy atom. The van der Waals surface area contributed by atoms with Crippen LogP contribution in [0.3, 0.4) is 0 Å². The Labute approximate surface area is 142 Å². The highest BCUT2D eigenvalue weighted by atomic mass is 79.9. The summed E-state index contributed by atoms with van der Waals surface area (Å²) in [4.78, 5) is 23.3. The standard InChI is InChI=1S/C14H8Br2ClNO3/c15-11-3-1-7(17)5-9(11)13(19)18-8-2-4-12(16)10(6-8)14(20)21/h1-6H,(H,18,19)(H,20,21). The molecule has 0 saturated carbocycles. The number of nitrogens with one attached hydrogen (secondary N) is 1. The maximum atomic E-state index is 12.2. The largest absolute Gasteiger partial charge is 0.478 e. The lowest BCUT2D eigenvalue weighted by Gasteiger charge is -2.09. The molecule has 0 fully saturated rings. The number of aromatic carboxylic acids is 1. The molecular formula is C14H8Br2ClNO3. The molecule has 0 radical (unpaired) electrons. The van der Waals surface area contributed by atoms with Crippen LogP contribution in [0.5, 0.6) is 0 Å². The highest BCUT2D eigenvalue weighted by Crippen LogP contribution is 2.24. The molecule has 0 aliphatic rings. The number of carbonyl (C=O) groups is 2. The van der Waals surface area contributed by atoms with Gasteiger partial charge >= 0.3 is 5.97 Å². The van der Waals surface area contributed by atoms with Crippen molar-refractivity contribution in [2.24, 2.45) is 0 Å². The Kier molecular flexibility index (Phi) is 5.03. The average Bonchev–Trinajstić information content (AvgIpc) is 2.43. The number of hydrogen-bond donors (Lipinski definition) is 2. The van der Waals surface area contributed by atoms with Gasteiger partial charge in [0.1, 0.15) is 0 Å². The Balaban J connectivity index is 2.29. The summed E-state index contributed by atoms with van der Waals surface area (Å²) in [6.45, 7) is 0. The Morgan fingerprint density at radius 2 is 1.62 bits per heavy atom. The molecule has 0 saturated heterocycles. The lowest BCUT2D eigenvalue weighted by molar-refractivity contribution is 0.0695. The summed E-state index contributed by atoms with van der Waals surface area (Å²) in [5, 5.41) is 12.1. The smallest absolute Gasteiger partial charge is 0.336 e. The second-order valence-electron chi connectivity index (χ2n) is 4.08. The highest BCUT2D eigenvalue weighted by molar-refractivity contribution is 9.10. The topological polar surface area (TPSA) is 66.4 Å². The van der Waals surface area contributed by atoms with Crippen molar-refractivity contribution in [3.8, 4) is 0 Å². The fourth-order valence-electron chi connectivity index (χ4n) is 1.64. The summed E-state index contributed by atoms with van der Waals surface area (Å²) in [6, 6.07) is 9.39. The van der Waals surface area contributed by atoms with E-state index < -0.39 is 5.97 Å². The van der Waals surface area contributed by atoms with Crippen molar-refractivity contribution in [1.29, 1.82) is 0 Å². The summed E-state index contributed by atoms with van der Waals surface area (Å²) in [5.74, 6) is -1.47. The van der Waals surface area contributed by atoms with Gasteiger partial charge in [0.25, 0.3) is 5.91 Å². The number of carboxylic acid groups (broad SMARTS) is 1. The first-order chi connectivity index (χ1) is 9.88. The van der Waals surface area contributed by atoms with Gasteiger partial charge < -0.3 is 10.4 Å². The first kappa shape index (κ1) is 16.0. The van der Waals surface area contributed by atoms with Crippen molar-refractivity contribution in [2.75, 3.05) is 5.32 Å². The van der Waals surface area contributed by atoms with E-state index in [-0.39, 0.29) is 11.5 Å². The average molecular weight is 433 g/mol. The van der Waals surface area contributed by atoms with Gasteiger partial charge in [-0.25, -0.2) is 4.79 Å². The van der Waals surface area contributed by atoms with Gasteiger partial charge in [0.05, 0.1) is 11.1 Å². The van der Waals surface area contributed by atoms with Crippen LogP contribution in [0.15, 0.2) is 45.3 Å². The number of hydrogen-bond acceptors (Lipinski definition) is 2. The molecule has 2 rings (SSSR count). The van der Waals surface area contributed by atoms with Gasteiger partial charge in [0, 0.05) is 19.7 Å². The minimum absolute atomic E-state index is 0.0676. The Morgan fingerprint density at radius 3 is 2.29 bits per heavy atom. The van der Waals surface area contributed by atoms with E-state index in [1.807, 2.05) is 0 Å². The molecule has 0 unspecified atom stereocenters. The molecule has 1 amide bonds. The van der Waals surface area contributed by atoms with E-state index in [0.29, 0.717) is 25.2 Å². The monoisotopic (exact) mass is 431 g/mol. The molecule has 0 atom stereocenters. The van der Waals surface area contributed by atoms with Crippen LogP contribution in [-0.4, -0.2) is 17.0 Å². The van der Waals surface area contributed by atoms with Crippen LogP contribution in [0.4, 0.5) is 5.69 Å². The van der Waals surface area contributed by atoms with Crippen molar-refractivity contribution >= 4 is 61.0 Å². The van der Waals surface area contributed by atoms with Gasteiger partial charge in [-0.15, -0.1) is 0 Å². The summed E-state index contributed by atoms with van der Waals surface area (Å²) in [7, 11) is 0. The summed E-state index contributed by atoms with van der Waals surface area (Å²) in [5.41, 5.74) is 0.813. The molecule has 0 spiro atoms. The van der Waals surface area contributed by atoms with E-state index in [2.05, 4.69) is 37.2 Å².